The van der Waals surface area contributed by atoms with Crippen LogP contribution >= 0.6 is 0 Å². The molecule has 0 N–H and O–H groups in total. The van der Waals surface area contributed by atoms with Crippen LogP contribution in [0.3, 0.4) is 0 Å². The number of nitrogens with zero attached hydrogens (tertiary/aromatic N) is 2. The fourth-order valence-electron chi connectivity index (χ4n) is 5.72. The minimum Gasteiger partial charge on any atom is -0.438 e. The molecular formula is C37H24N2O. The highest BCUT2D eigenvalue weighted by Gasteiger charge is 2.17. The highest BCUT2D eigenvalue weighted by atomic mass is 16.3. The molecule has 0 bridgehead atoms. The number of benzene rings is 6. The summed E-state index contributed by atoms with van der Waals surface area (Å²) in [6.07, 6.45) is 1.89. The molecule has 0 spiro atoms. The Morgan fingerprint density at radius 1 is 0.475 bits per heavy atom. The third-order valence-electron chi connectivity index (χ3n) is 7.69. The van der Waals surface area contributed by atoms with Crippen LogP contribution in [0.2, 0.25) is 0 Å². The van der Waals surface area contributed by atoms with Gasteiger partial charge >= 0.3 is 0 Å². The molecule has 2 heterocycles. The van der Waals surface area contributed by atoms with Gasteiger partial charge < -0.3 is 9.32 Å². The largest absolute Gasteiger partial charge is 0.438 e. The van der Waals surface area contributed by atoms with Crippen LogP contribution in [0.15, 0.2) is 150 Å². The van der Waals surface area contributed by atoms with Gasteiger partial charge in [0.2, 0.25) is 5.71 Å². The third-order valence-corrected chi connectivity index (χ3v) is 7.69. The van der Waals surface area contributed by atoms with E-state index in [0.29, 0.717) is 5.71 Å². The molecule has 3 nitrogen and oxygen atoms in total. The lowest BCUT2D eigenvalue weighted by molar-refractivity contribution is 0.654. The van der Waals surface area contributed by atoms with Crippen molar-refractivity contribution in [1.29, 1.82) is 0 Å². The summed E-state index contributed by atoms with van der Waals surface area (Å²) in [4.78, 5) is 6.92. The number of hydrogen-bond donors (Lipinski definition) is 0. The Morgan fingerprint density at radius 2 is 1.12 bits per heavy atom. The molecule has 6 aromatic carbocycles. The zero-order chi connectivity index (χ0) is 26.5. The van der Waals surface area contributed by atoms with E-state index in [-0.39, 0.29) is 0 Å². The fourth-order valence-corrected chi connectivity index (χ4v) is 5.72. The van der Waals surface area contributed by atoms with Crippen molar-refractivity contribution in [2.24, 2.45) is 0 Å². The van der Waals surface area contributed by atoms with Crippen molar-refractivity contribution in [1.82, 2.24) is 4.98 Å². The first-order valence-corrected chi connectivity index (χ1v) is 13.5. The van der Waals surface area contributed by atoms with Crippen LogP contribution in [0.4, 0.5) is 17.1 Å². The van der Waals surface area contributed by atoms with Crippen LogP contribution in [0.5, 0.6) is 0 Å². The number of furan rings is 1. The summed E-state index contributed by atoms with van der Waals surface area (Å²) in [6, 6.07) is 49.1. The molecule has 3 heteroatoms. The van der Waals surface area contributed by atoms with Gasteiger partial charge in [0.15, 0.2) is 0 Å². The molecule has 0 saturated carbocycles. The van der Waals surface area contributed by atoms with Crippen LogP contribution in [0.1, 0.15) is 0 Å². The van der Waals surface area contributed by atoms with Gasteiger partial charge in [-0.15, -0.1) is 0 Å². The van der Waals surface area contributed by atoms with Crippen molar-refractivity contribution in [3.05, 3.63) is 146 Å². The maximum Gasteiger partial charge on any atom is 0.227 e. The number of anilines is 3. The van der Waals surface area contributed by atoms with E-state index in [1.54, 1.807) is 0 Å². The Bertz CT molecular complexity index is 2160. The normalized spacial score (nSPS) is 11.5. The lowest BCUT2D eigenvalue weighted by Gasteiger charge is -2.26. The third kappa shape index (κ3) is 3.71. The summed E-state index contributed by atoms with van der Waals surface area (Å²) in [5.74, 6) is 0. The lowest BCUT2D eigenvalue weighted by atomic mass is 10.0. The average Bonchev–Trinajstić information content (AvgIpc) is 3.40. The number of pyridine rings is 1. The first kappa shape index (κ1) is 22.6. The van der Waals surface area contributed by atoms with Crippen molar-refractivity contribution in [3.8, 4) is 11.1 Å². The Balaban J connectivity index is 1.31. The van der Waals surface area contributed by atoms with Gasteiger partial charge in [-0.2, -0.15) is 0 Å². The second-order valence-electron chi connectivity index (χ2n) is 10.1. The second-order valence-corrected chi connectivity index (χ2v) is 10.1. The second kappa shape index (κ2) is 9.11. The Hall–Kier alpha value is -5.41. The summed E-state index contributed by atoms with van der Waals surface area (Å²) in [7, 11) is 0. The number of aromatic nitrogens is 1. The van der Waals surface area contributed by atoms with Crippen molar-refractivity contribution >= 4 is 60.7 Å². The maximum atomic E-state index is 6.33. The van der Waals surface area contributed by atoms with Crippen LogP contribution < -0.4 is 4.90 Å². The van der Waals surface area contributed by atoms with E-state index in [9.17, 15) is 0 Å². The molecule has 0 aliphatic heterocycles. The van der Waals surface area contributed by atoms with E-state index in [0.717, 1.165) is 44.2 Å². The summed E-state index contributed by atoms with van der Waals surface area (Å²) >= 11 is 0. The van der Waals surface area contributed by atoms with Crippen LogP contribution in [0, 0.1) is 0 Å². The lowest BCUT2D eigenvalue weighted by Crippen LogP contribution is -2.09. The van der Waals surface area contributed by atoms with Gasteiger partial charge in [-0.05, 0) is 63.7 Å². The zero-order valence-corrected chi connectivity index (χ0v) is 21.7. The molecule has 8 aromatic rings. The fraction of sp³-hybridized carbons (Fsp3) is 0. The highest BCUT2D eigenvalue weighted by molar-refractivity contribution is 6.17. The van der Waals surface area contributed by atoms with Crippen molar-refractivity contribution in [3.63, 3.8) is 0 Å². The van der Waals surface area contributed by atoms with Gasteiger partial charge in [0.25, 0.3) is 0 Å². The monoisotopic (exact) mass is 512 g/mol. The van der Waals surface area contributed by atoms with E-state index in [4.69, 9.17) is 4.42 Å². The van der Waals surface area contributed by atoms with Crippen molar-refractivity contribution < 1.29 is 4.42 Å². The average molecular weight is 513 g/mol. The summed E-state index contributed by atoms with van der Waals surface area (Å²) in [5.41, 5.74) is 7.07. The highest BCUT2D eigenvalue weighted by Crippen LogP contribution is 2.40. The number of fused-ring (bicyclic) bond motifs is 6. The predicted molar refractivity (Wildman–Crippen MR) is 167 cm³/mol. The molecule has 0 fully saturated rings. The minimum absolute atomic E-state index is 0.662. The molecule has 0 aliphatic carbocycles. The van der Waals surface area contributed by atoms with Crippen LogP contribution in [-0.4, -0.2) is 4.98 Å². The van der Waals surface area contributed by atoms with Gasteiger partial charge in [-0.25, -0.2) is 4.98 Å². The molecule has 0 amide bonds. The Labute approximate surface area is 231 Å². The van der Waals surface area contributed by atoms with Crippen molar-refractivity contribution in [2.45, 2.75) is 0 Å². The molecule has 0 aliphatic rings. The minimum atomic E-state index is 0.662. The van der Waals surface area contributed by atoms with Crippen LogP contribution in [0.25, 0.3) is 54.7 Å². The van der Waals surface area contributed by atoms with Gasteiger partial charge in [0, 0.05) is 40.1 Å². The Kier molecular flexibility index (Phi) is 5.14. The Morgan fingerprint density at radius 3 is 1.98 bits per heavy atom. The molecule has 0 radical (unpaired) electrons. The molecule has 0 atom stereocenters. The molecule has 0 saturated heterocycles. The van der Waals surface area contributed by atoms with E-state index >= 15 is 0 Å². The number of hydrogen-bond acceptors (Lipinski definition) is 3. The van der Waals surface area contributed by atoms with E-state index in [1.807, 2.05) is 18.3 Å². The van der Waals surface area contributed by atoms with E-state index < -0.39 is 0 Å². The summed E-state index contributed by atoms with van der Waals surface area (Å²) < 4.78 is 6.33. The SMILES string of the molecule is c1ccc(-c2ccc(N(c3ccc4ccccc4c3)c3ccc4c(c3)oc3ncc5ccccc5c34)cc2)cc1. The van der Waals surface area contributed by atoms with Gasteiger partial charge in [-0.1, -0.05) is 97.1 Å². The first-order chi connectivity index (χ1) is 19.8. The predicted octanol–water partition coefficient (Wildman–Crippen LogP) is 10.4. The van der Waals surface area contributed by atoms with E-state index in [1.165, 1.54) is 21.9 Å². The van der Waals surface area contributed by atoms with Crippen LogP contribution in [-0.2, 0) is 0 Å². The smallest absolute Gasteiger partial charge is 0.227 e. The van der Waals surface area contributed by atoms with Gasteiger partial charge in [0.1, 0.15) is 5.58 Å². The zero-order valence-electron chi connectivity index (χ0n) is 21.7. The summed E-state index contributed by atoms with van der Waals surface area (Å²) in [6.45, 7) is 0. The molecule has 0 unspecified atom stereocenters. The molecule has 8 rings (SSSR count). The molecule has 188 valence electrons. The quantitative estimate of drug-likeness (QED) is 0.235. The van der Waals surface area contributed by atoms with Crippen molar-refractivity contribution in [2.75, 3.05) is 4.90 Å². The summed E-state index contributed by atoms with van der Waals surface area (Å²) in [5, 5.41) is 6.81. The maximum absolute atomic E-state index is 6.33. The topological polar surface area (TPSA) is 29.3 Å². The molecule has 40 heavy (non-hydrogen) atoms. The standard InChI is InChI=1S/C37H24N2O/c1-2-8-25(9-3-1)27-14-17-30(18-15-27)39(31-19-16-26-10-4-5-11-28(26)22-31)32-20-21-34-35(23-32)40-37-36(34)33-13-7-6-12-29(33)24-38-37/h1-24H. The molecular weight excluding hydrogens is 488 g/mol. The van der Waals surface area contributed by atoms with Gasteiger partial charge in [0.05, 0.1) is 5.39 Å². The first-order valence-electron chi connectivity index (χ1n) is 13.5. The van der Waals surface area contributed by atoms with Gasteiger partial charge in [-0.3, -0.25) is 0 Å². The number of rotatable bonds is 4. The molecule has 2 aromatic heterocycles. The van der Waals surface area contributed by atoms with E-state index in [2.05, 4.69) is 137 Å².